The first-order valence-corrected chi connectivity index (χ1v) is 14.7. The van der Waals surface area contributed by atoms with Gasteiger partial charge in [-0.3, -0.25) is 9.13 Å². The number of rotatable bonds is 9. The van der Waals surface area contributed by atoms with Crippen LogP contribution in [0, 0.1) is 0 Å². The third-order valence-corrected chi connectivity index (χ3v) is 9.46. The van der Waals surface area contributed by atoms with Crippen molar-refractivity contribution in [2.24, 2.45) is 0 Å². The van der Waals surface area contributed by atoms with Gasteiger partial charge in [-0.05, 0) is 11.6 Å². The van der Waals surface area contributed by atoms with Crippen LogP contribution >= 0.6 is 38.4 Å². The van der Waals surface area contributed by atoms with Crippen LogP contribution in [0.3, 0.4) is 0 Å². The van der Waals surface area contributed by atoms with E-state index in [-0.39, 0.29) is 11.0 Å². The number of anilines is 1. The molecule has 1 aliphatic rings. The molecule has 17 heteroatoms. The van der Waals surface area contributed by atoms with Gasteiger partial charge in [-0.1, -0.05) is 41.4 Å². The van der Waals surface area contributed by atoms with Crippen molar-refractivity contribution in [1.29, 1.82) is 0 Å². The molecule has 0 radical (unpaired) electrons. The van der Waals surface area contributed by atoms with E-state index in [0.717, 1.165) is 5.56 Å². The first-order chi connectivity index (χ1) is 16.8. The lowest BCUT2D eigenvalue weighted by molar-refractivity contribution is -0.0652. The molecule has 0 spiro atoms. The van der Waals surface area contributed by atoms with E-state index in [0.29, 0.717) is 22.8 Å². The maximum Gasteiger partial charge on any atom is 0.340 e. The summed E-state index contributed by atoms with van der Waals surface area (Å²) < 4.78 is 34.2. The number of nitrogens with zero attached hydrogens (tertiary/aromatic N) is 3. The number of hydrogen-bond acceptors (Lipinski definition) is 9. The van der Waals surface area contributed by atoms with Crippen molar-refractivity contribution in [1.82, 2.24) is 14.6 Å². The molecule has 1 saturated heterocycles. The molecule has 4 rings (SSSR count). The van der Waals surface area contributed by atoms with Gasteiger partial charge < -0.3 is 39.5 Å². The van der Waals surface area contributed by atoms with E-state index >= 15 is 0 Å². The van der Waals surface area contributed by atoms with E-state index < -0.39 is 52.1 Å². The number of aliphatic hydroxyl groups excluding tert-OH is 1. The Bertz CT molecular complexity index is 1370. The van der Waals surface area contributed by atoms with Gasteiger partial charge in [0.05, 0.1) is 25.1 Å². The van der Waals surface area contributed by atoms with Crippen LogP contribution in [-0.2, 0) is 30.5 Å². The molecule has 1 aromatic carbocycles. The Hall–Kier alpha value is -1.60. The number of fused-ring (bicyclic) bond motifs is 1. The molecule has 0 amide bonds. The van der Waals surface area contributed by atoms with Gasteiger partial charge in [-0.25, -0.2) is 9.50 Å². The van der Waals surface area contributed by atoms with Crippen LogP contribution in [0.1, 0.15) is 11.4 Å². The fraction of sp³-hybridized carbons (Fsp3) is 0.368. The molecule has 3 heterocycles. The third-order valence-electron chi connectivity index (χ3n) is 5.45. The van der Waals surface area contributed by atoms with Crippen molar-refractivity contribution in [3.63, 3.8) is 0 Å². The van der Waals surface area contributed by atoms with Gasteiger partial charge in [0.15, 0.2) is 22.5 Å². The summed E-state index contributed by atoms with van der Waals surface area (Å²) in [5, 5.41) is 30.0. The van der Waals surface area contributed by atoms with Crippen molar-refractivity contribution in [3.8, 4) is 0 Å². The SMILES string of the molecule is O=P(O)(O)CP(=O)(O)OC[C@H]1OC[C@@](O)(c2ncc3c(NCc4ccccc4Cl)cc(Cl)nn23)[C@@H]1O. The Morgan fingerprint density at radius 3 is 2.67 bits per heavy atom. The van der Waals surface area contributed by atoms with Crippen LogP contribution in [-0.4, -0.2) is 70.8 Å². The van der Waals surface area contributed by atoms with E-state index in [1.54, 1.807) is 12.1 Å². The number of ether oxygens (including phenoxy) is 1. The molecular weight excluding hydrogens is 561 g/mol. The summed E-state index contributed by atoms with van der Waals surface area (Å²) in [5.41, 5.74) is -0.348. The van der Waals surface area contributed by atoms with Gasteiger partial charge in [0.2, 0.25) is 0 Å². The van der Waals surface area contributed by atoms with Crippen molar-refractivity contribution < 1.29 is 43.3 Å². The fourth-order valence-corrected chi connectivity index (χ4v) is 6.69. The molecule has 2 aromatic heterocycles. The van der Waals surface area contributed by atoms with Crippen LogP contribution in [0.15, 0.2) is 36.5 Å². The molecule has 36 heavy (non-hydrogen) atoms. The van der Waals surface area contributed by atoms with Crippen LogP contribution < -0.4 is 5.32 Å². The van der Waals surface area contributed by atoms with Gasteiger partial charge in [0, 0.05) is 17.6 Å². The summed E-state index contributed by atoms with van der Waals surface area (Å²) in [7, 11) is -9.52. The van der Waals surface area contributed by atoms with E-state index in [2.05, 4.69) is 15.4 Å². The number of halogens is 2. The van der Waals surface area contributed by atoms with Gasteiger partial charge in [-0.15, -0.1) is 0 Å². The van der Waals surface area contributed by atoms with Crippen molar-refractivity contribution in [3.05, 3.63) is 58.1 Å². The normalized spacial score (nSPS) is 24.2. The highest BCUT2D eigenvalue weighted by Crippen LogP contribution is 2.55. The molecule has 3 aromatic rings. The topological polar surface area (TPSA) is 196 Å². The van der Waals surface area contributed by atoms with Crippen LogP contribution in [0.5, 0.6) is 0 Å². The molecule has 13 nitrogen and oxygen atoms in total. The number of benzene rings is 1. The average molecular weight is 583 g/mol. The largest absolute Gasteiger partial charge is 0.387 e. The fourth-order valence-electron chi connectivity index (χ4n) is 3.73. The van der Waals surface area contributed by atoms with E-state index in [4.69, 9.17) is 42.2 Å². The van der Waals surface area contributed by atoms with E-state index in [1.807, 2.05) is 18.2 Å². The summed E-state index contributed by atoms with van der Waals surface area (Å²) >= 11 is 12.4. The standard InChI is InChI=1S/C19H22Cl2N4O9P2/c20-12-4-2-1-3-11(12)6-22-13-5-16(21)24-25-14(13)7-23-18(25)19(27)9-33-15(17(19)26)8-34-36(31,32)10-35(28,29)30/h1-5,7,15,17,22,26-27H,6,8-10H2,(H,31,32)(H2,28,29,30)/t15-,17-,19+/m1/s1. The van der Waals surface area contributed by atoms with Crippen molar-refractivity contribution >= 4 is 49.6 Å². The Morgan fingerprint density at radius 1 is 1.25 bits per heavy atom. The molecule has 196 valence electrons. The molecule has 0 saturated carbocycles. The number of imidazole rings is 1. The maximum absolute atomic E-state index is 11.9. The molecule has 0 bridgehead atoms. The lowest BCUT2D eigenvalue weighted by Crippen LogP contribution is -2.44. The zero-order valence-corrected chi connectivity index (χ0v) is 21.6. The summed E-state index contributed by atoms with van der Waals surface area (Å²) in [5.74, 6) is -1.51. The van der Waals surface area contributed by atoms with E-state index in [9.17, 15) is 24.2 Å². The highest BCUT2D eigenvalue weighted by Gasteiger charge is 2.52. The summed E-state index contributed by atoms with van der Waals surface area (Å²) in [6, 6.07) is 8.81. The smallest absolute Gasteiger partial charge is 0.340 e. The second-order valence-corrected chi connectivity index (χ2v) is 13.0. The van der Waals surface area contributed by atoms with Gasteiger partial charge in [-0.2, -0.15) is 5.10 Å². The van der Waals surface area contributed by atoms with Gasteiger partial charge >= 0.3 is 15.2 Å². The lowest BCUT2D eigenvalue weighted by Gasteiger charge is -2.25. The zero-order valence-electron chi connectivity index (χ0n) is 18.3. The molecular formula is C19H22Cl2N4O9P2. The molecule has 0 aliphatic carbocycles. The second kappa shape index (κ2) is 10.3. The maximum atomic E-state index is 11.9. The molecule has 1 fully saturated rings. The highest BCUT2D eigenvalue weighted by atomic mass is 35.5. The van der Waals surface area contributed by atoms with Crippen LogP contribution in [0.2, 0.25) is 10.2 Å². The van der Waals surface area contributed by atoms with Gasteiger partial charge in [0.1, 0.15) is 17.7 Å². The van der Waals surface area contributed by atoms with Crippen LogP contribution in [0.4, 0.5) is 5.69 Å². The number of aromatic nitrogens is 3. The van der Waals surface area contributed by atoms with Crippen LogP contribution in [0.25, 0.3) is 5.52 Å². The van der Waals surface area contributed by atoms with E-state index in [1.165, 1.54) is 10.7 Å². The zero-order chi connectivity index (χ0) is 26.3. The van der Waals surface area contributed by atoms with Crippen molar-refractivity contribution in [2.45, 2.75) is 24.4 Å². The Kier molecular flexibility index (Phi) is 7.83. The minimum absolute atomic E-state index is 0.0546. The molecule has 4 atom stereocenters. The average Bonchev–Trinajstić information content (AvgIpc) is 3.32. The minimum Gasteiger partial charge on any atom is -0.387 e. The summed E-state index contributed by atoms with van der Waals surface area (Å²) in [6.07, 6.45) is -1.60. The summed E-state index contributed by atoms with van der Waals surface area (Å²) in [6.45, 7) is -0.854. The summed E-state index contributed by atoms with van der Waals surface area (Å²) in [4.78, 5) is 31.7. The van der Waals surface area contributed by atoms with Crippen molar-refractivity contribution in [2.75, 3.05) is 24.4 Å². The minimum atomic E-state index is -4.83. The third kappa shape index (κ3) is 5.93. The molecule has 1 aliphatic heterocycles. The monoisotopic (exact) mass is 582 g/mol. The second-order valence-electron chi connectivity index (χ2n) is 8.16. The Morgan fingerprint density at radius 2 is 1.97 bits per heavy atom. The Labute approximate surface area is 214 Å². The Balaban J connectivity index is 1.55. The lowest BCUT2D eigenvalue weighted by atomic mass is 9.96. The molecule has 1 unspecified atom stereocenters. The van der Waals surface area contributed by atoms with Gasteiger partial charge in [0.25, 0.3) is 0 Å². The predicted octanol–water partition coefficient (Wildman–Crippen LogP) is 1.93. The highest BCUT2D eigenvalue weighted by molar-refractivity contribution is 7.70. The number of nitrogens with one attached hydrogen (secondary N) is 1. The quantitative estimate of drug-likeness (QED) is 0.201. The first-order valence-electron chi connectivity index (χ1n) is 10.3. The first kappa shape index (κ1) is 27.4. The predicted molar refractivity (Wildman–Crippen MR) is 129 cm³/mol. The number of hydrogen-bond donors (Lipinski definition) is 6. The number of aliphatic hydroxyl groups is 2. The molecule has 6 N–H and O–H groups in total.